The number of nitrogens with zero attached hydrogens (tertiary/aromatic N) is 3. The maximum absolute atomic E-state index is 13.7. The number of hydrogen-bond donors (Lipinski definition) is 0. The van der Waals surface area contributed by atoms with Gasteiger partial charge in [-0.1, -0.05) is 49.4 Å². The highest BCUT2D eigenvalue weighted by Crippen LogP contribution is 2.30. The van der Waals surface area contributed by atoms with Crippen LogP contribution in [0.2, 0.25) is 0 Å². The molecule has 6 heteroatoms. The van der Waals surface area contributed by atoms with Gasteiger partial charge in [0.05, 0.1) is 24.8 Å². The minimum Gasteiger partial charge on any atom is -0.496 e. The average Bonchev–Trinajstić information content (AvgIpc) is 2.82. The van der Waals surface area contributed by atoms with Crippen LogP contribution in [0.3, 0.4) is 0 Å². The van der Waals surface area contributed by atoms with Crippen molar-refractivity contribution >= 4 is 10.9 Å². The smallest absolute Gasteiger partial charge is 0.267 e. The molecule has 0 N–H and O–H groups in total. The Bertz CT molecular complexity index is 1240. The number of para-hydroxylation sites is 1. The van der Waals surface area contributed by atoms with Gasteiger partial charge in [-0.25, -0.2) is 9.97 Å². The van der Waals surface area contributed by atoms with Crippen LogP contribution < -0.4 is 15.0 Å². The van der Waals surface area contributed by atoms with Crippen LogP contribution in [0.25, 0.3) is 22.3 Å². The molecular formula is C25H25N3O3. The molecule has 0 saturated heterocycles. The molecule has 0 aliphatic rings. The Morgan fingerprint density at radius 2 is 1.77 bits per heavy atom. The van der Waals surface area contributed by atoms with Crippen LogP contribution in [-0.2, 0) is 13.0 Å². The highest BCUT2D eigenvalue weighted by Gasteiger charge is 2.19. The SMILES string of the molecule is CCCOc1nccc2nc(-c3ccccc3OC)n(CCc3ccccc3)c(=O)c12. The number of hydrogen-bond acceptors (Lipinski definition) is 5. The summed E-state index contributed by atoms with van der Waals surface area (Å²) in [5.74, 6) is 1.56. The molecule has 0 atom stereocenters. The summed E-state index contributed by atoms with van der Waals surface area (Å²) in [7, 11) is 1.62. The molecule has 0 fully saturated rings. The number of aryl methyl sites for hydroxylation is 1. The first-order valence-electron chi connectivity index (χ1n) is 10.4. The van der Waals surface area contributed by atoms with Crippen molar-refractivity contribution < 1.29 is 9.47 Å². The molecule has 4 rings (SSSR count). The van der Waals surface area contributed by atoms with Crippen LogP contribution in [0.15, 0.2) is 71.7 Å². The van der Waals surface area contributed by atoms with Gasteiger partial charge in [0, 0.05) is 12.7 Å². The molecule has 6 nitrogen and oxygen atoms in total. The molecule has 0 aliphatic carbocycles. The number of aromatic nitrogens is 3. The lowest BCUT2D eigenvalue weighted by atomic mass is 10.1. The van der Waals surface area contributed by atoms with Gasteiger partial charge in [-0.15, -0.1) is 0 Å². The van der Waals surface area contributed by atoms with E-state index >= 15 is 0 Å². The fraction of sp³-hybridized carbons (Fsp3) is 0.240. The first kappa shape index (κ1) is 20.6. The summed E-state index contributed by atoms with van der Waals surface area (Å²) in [6.07, 6.45) is 3.15. The normalized spacial score (nSPS) is 10.9. The molecule has 0 radical (unpaired) electrons. The zero-order chi connectivity index (χ0) is 21.6. The van der Waals surface area contributed by atoms with Gasteiger partial charge >= 0.3 is 0 Å². The Balaban J connectivity index is 1.91. The summed E-state index contributed by atoms with van der Waals surface area (Å²) >= 11 is 0. The van der Waals surface area contributed by atoms with E-state index in [1.165, 1.54) is 0 Å². The van der Waals surface area contributed by atoms with Crippen LogP contribution in [0, 0.1) is 0 Å². The predicted molar refractivity (Wildman–Crippen MR) is 122 cm³/mol. The molecule has 0 bridgehead atoms. The minimum absolute atomic E-state index is 0.166. The highest BCUT2D eigenvalue weighted by atomic mass is 16.5. The third-order valence-electron chi connectivity index (χ3n) is 5.09. The molecule has 2 aromatic heterocycles. The lowest BCUT2D eigenvalue weighted by molar-refractivity contribution is 0.309. The third kappa shape index (κ3) is 4.28. The summed E-state index contributed by atoms with van der Waals surface area (Å²) in [5, 5.41) is 0.405. The Kier molecular flexibility index (Phi) is 6.26. The summed E-state index contributed by atoms with van der Waals surface area (Å²) < 4.78 is 13.0. The second-order valence-electron chi connectivity index (χ2n) is 7.19. The van der Waals surface area contributed by atoms with E-state index in [2.05, 4.69) is 17.1 Å². The maximum Gasteiger partial charge on any atom is 0.267 e. The Morgan fingerprint density at radius 3 is 2.55 bits per heavy atom. The van der Waals surface area contributed by atoms with Gasteiger partial charge in [0.2, 0.25) is 5.88 Å². The number of rotatable bonds is 8. The van der Waals surface area contributed by atoms with Crippen molar-refractivity contribution in [2.75, 3.05) is 13.7 Å². The van der Waals surface area contributed by atoms with Crippen molar-refractivity contribution in [2.45, 2.75) is 26.3 Å². The van der Waals surface area contributed by atoms with Crippen LogP contribution in [0.5, 0.6) is 11.6 Å². The van der Waals surface area contributed by atoms with Crippen LogP contribution >= 0.6 is 0 Å². The summed E-state index contributed by atoms with van der Waals surface area (Å²) in [5.41, 5.74) is 2.31. The van der Waals surface area contributed by atoms with Crippen molar-refractivity contribution in [2.24, 2.45) is 0 Å². The van der Waals surface area contributed by atoms with Gasteiger partial charge in [0.25, 0.3) is 5.56 Å². The first-order valence-corrected chi connectivity index (χ1v) is 10.4. The standard InChI is InChI=1S/C25H25N3O3/c1-3-17-31-24-22-20(13-15-26-24)27-23(19-11-7-8-12-21(19)30-2)28(25(22)29)16-14-18-9-5-4-6-10-18/h4-13,15H,3,14,16-17H2,1-2H3. The van der Waals surface area contributed by atoms with E-state index in [1.807, 2.05) is 49.4 Å². The minimum atomic E-state index is -0.166. The van der Waals surface area contributed by atoms with Gasteiger partial charge in [-0.05, 0) is 36.6 Å². The molecule has 4 aromatic rings. The topological polar surface area (TPSA) is 66.2 Å². The molecule has 0 saturated carbocycles. The predicted octanol–water partition coefficient (Wildman–Crippen LogP) is 4.50. The molecule has 2 heterocycles. The van der Waals surface area contributed by atoms with Crippen LogP contribution in [-0.4, -0.2) is 28.3 Å². The Hall–Kier alpha value is -3.67. The van der Waals surface area contributed by atoms with Crippen molar-refractivity contribution in [3.63, 3.8) is 0 Å². The highest BCUT2D eigenvalue weighted by molar-refractivity contribution is 5.84. The van der Waals surface area contributed by atoms with Crippen molar-refractivity contribution in [1.29, 1.82) is 0 Å². The van der Waals surface area contributed by atoms with Gasteiger partial charge < -0.3 is 9.47 Å². The van der Waals surface area contributed by atoms with E-state index in [0.29, 0.717) is 47.9 Å². The number of pyridine rings is 1. The van der Waals surface area contributed by atoms with Crippen molar-refractivity contribution in [3.05, 3.63) is 82.8 Å². The van der Waals surface area contributed by atoms with Gasteiger partial charge in [0.1, 0.15) is 17.0 Å². The lowest BCUT2D eigenvalue weighted by Gasteiger charge is -2.16. The molecule has 0 unspecified atom stereocenters. The second-order valence-corrected chi connectivity index (χ2v) is 7.19. The zero-order valence-corrected chi connectivity index (χ0v) is 17.7. The maximum atomic E-state index is 13.7. The summed E-state index contributed by atoms with van der Waals surface area (Å²) in [6, 6.07) is 19.4. The quantitative estimate of drug-likeness (QED) is 0.424. The van der Waals surface area contributed by atoms with E-state index in [0.717, 1.165) is 17.5 Å². The molecule has 31 heavy (non-hydrogen) atoms. The summed E-state index contributed by atoms with van der Waals surface area (Å²) in [6.45, 7) is 2.98. The van der Waals surface area contributed by atoms with Crippen LogP contribution in [0.4, 0.5) is 0 Å². The van der Waals surface area contributed by atoms with Crippen molar-refractivity contribution in [3.8, 4) is 23.0 Å². The van der Waals surface area contributed by atoms with Crippen LogP contribution in [0.1, 0.15) is 18.9 Å². The molecular weight excluding hydrogens is 390 g/mol. The van der Waals surface area contributed by atoms with Gasteiger partial charge in [0.15, 0.2) is 0 Å². The van der Waals surface area contributed by atoms with E-state index in [-0.39, 0.29) is 5.56 Å². The monoisotopic (exact) mass is 415 g/mol. The average molecular weight is 415 g/mol. The third-order valence-corrected chi connectivity index (χ3v) is 5.09. The van der Waals surface area contributed by atoms with Gasteiger partial charge in [-0.2, -0.15) is 0 Å². The second kappa shape index (κ2) is 9.43. The molecule has 0 amide bonds. The van der Waals surface area contributed by atoms with E-state index < -0.39 is 0 Å². The lowest BCUT2D eigenvalue weighted by Crippen LogP contribution is -2.25. The van der Waals surface area contributed by atoms with E-state index in [4.69, 9.17) is 14.5 Å². The Morgan fingerprint density at radius 1 is 1.00 bits per heavy atom. The molecule has 2 aromatic carbocycles. The van der Waals surface area contributed by atoms with Gasteiger partial charge in [-0.3, -0.25) is 9.36 Å². The first-order chi connectivity index (χ1) is 15.2. The molecule has 158 valence electrons. The largest absolute Gasteiger partial charge is 0.496 e. The van der Waals surface area contributed by atoms with E-state index in [9.17, 15) is 4.79 Å². The number of ether oxygens (including phenoxy) is 2. The zero-order valence-electron chi connectivity index (χ0n) is 17.7. The summed E-state index contributed by atoms with van der Waals surface area (Å²) in [4.78, 5) is 22.8. The molecule has 0 aliphatic heterocycles. The fourth-order valence-corrected chi connectivity index (χ4v) is 3.57. The molecule has 0 spiro atoms. The fourth-order valence-electron chi connectivity index (χ4n) is 3.57. The Labute approximate surface area is 181 Å². The number of benzene rings is 2. The number of fused-ring (bicyclic) bond motifs is 1. The van der Waals surface area contributed by atoms with Crippen molar-refractivity contribution in [1.82, 2.24) is 14.5 Å². The number of methoxy groups -OCH3 is 1. The van der Waals surface area contributed by atoms with E-state index in [1.54, 1.807) is 23.9 Å².